The van der Waals surface area contributed by atoms with Gasteiger partial charge in [0.2, 0.25) is 0 Å². The maximum absolute atomic E-state index is 11.8. The highest BCUT2D eigenvalue weighted by atomic mass is 16.4. The molecule has 0 amide bonds. The zero-order valence-electron chi connectivity index (χ0n) is 13.3. The Kier molecular flexibility index (Phi) is 6.24. The minimum Gasteiger partial charge on any atom is -0.481 e. The van der Waals surface area contributed by atoms with E-state index in [9.17, 15) is 9.90 Å². The topological polar surface area (TPSA) is 55.1 Å². The van der Waals surface area contributed by atoms with Gasteiger partial charge in [-0.1, -0.05) is 33.6 Å². The van der Waals surface area contributed by atoms with Crippen molar-refractivity contribution in [2.45, 2.75) is 72.8 Å². The van der Waals surface area contributed by atoms with E-state index < -0.39 is 11.4 Å². The van der Waals surface area contributed by atoms with Gasteiger partial charge in [0, 0.05) is 18.7 Å². The lowest BCUT2D eigenvalue weighted by Gasteiger charge is -2.28. The molecule has 1 N–H and O–H groups in total. The first-order chi connectivity index (χ1) is 9.52. The molecule has 0 radical (unpaired) electrons. The van der Waals surface area contributed by atoms with E-state index in [0.717, 1.165) is 43.6 Å². The van der Waals surface area contributed by atoms with Gasteiger partial charge in [0.25, 0.3) is 0 Å². The van der Waals surface area contributed by atoms with Crippen molar-refractivity contribution in [2.75, 3.05) is 0 Å². The van der Waals surface area contributed by atoms with Crippen molar-refractivity contribution in [2.24, 2.45) is 5.41 Å². The molecule has 0 spiro atoms. The highest BCUT2D eigenvalue weighted by molar-refractivity contribution is 5.75. The number of aliphatic carboxylic acids is 1. The van der Waals surface area contributed by atoms with Crippen LogP contribution in [-0.2, 0) is 24.2 Å². The number of aryl methyl sites for hydroxylation is 2. The molecule has 0 saturated heterocycles. The molecule has 1 aromatic rings. The summed E-state index contributed by atoms with van der Waals surface area (Å²) in [4.78, 5) is 11.8. The van der Waals surface area contributed by atoms with Crippen molar-refractivity contribution in [1.29, 1.82) is 0 Å². The van der Waals surface area contributed by atoms with Crippen LogP contribution in [0.15, 0.2) is 6.07 Å². The standard InChI is InChI=1S/C16H28N2O2/c1-5-9-10-16(7-3,15(19)20)12-14-11-13(6-2)17-18(14)8-4/h11H,5-10,12H2,1-4H3,(H,19,20). The molecule has 4 heteroatoms. The number of hydrogen-bond acceptors (Lipinski definition) is 2. The summed E-state index contributed by atoms with van der Waals surface area (Å²) in [5.74, 6) is -0.671. The summed E-state index contributed by atoms with van der Waals surface area (Å²) < 4.78 is 1.96. The van der Waals surface area contributed by atoms with Crippen molar-refractivity contribution in [3.05, 3.63) is 17.5 Å². The summed E-state index contributed by atoms with van der Waals surface area (Å²) in [5.41, 5.74) is 1.46. The summed E-state index contributed by atoms with van der Waals surface area (Å²) in [6.45, 7) is 9.01. The fourth-order valence-electron chi connectivity index (χ4n) is 2.69. The number of unbranched alkanes of at least 4 members (excludes halogenated alkanes) is 1. The van der Waals surface area contributed by atoms with Crippen LogP contribution in [0.1, 0.15) is 64.8 Å². The van der Waals surface area contributed by atoms with Crippen molar-refractivity contribution in [1.82, 2.24) is 9.78 Å². The number of carboxylic acids is 1. The monoisotopic (exact) mass is 280 g/mol. The molecular formula is C16H28N2O2. The lowest BCUT2D eigenvalue weighted by molar-refractivity contribution is -0.149. The molecule has 4 nitrogen and oxygen atoms in total. The summed E-state index contributed by atoms with van der Waals surface area (Å²) >= 11 is 0. The molecule has 1 heterocycles. The molecule has 0 aromatic carbocycles. The number of rotatable bonds is 9. The normalized spacial score (nSPS) is 14.2. The van der Waals surface area contributed by atoms with Gasteiger partial charge in [0.05, 0.1) is 11.1 Å². The van der Waals surface area contributed by atoms with E-state index in [1.54, 1.807) is 0 Å². The summed E-state index contributed by atoms with van der Waals surface area (Å²) in [5, 5.41) is 14.2. The third-order valence-electron chi connectivity index (χ3n) is 4.23. The van der Waals surface area contributed by atoms with E-state index in [1.165, 1.54) is 0 Å². The van der Waals surface area contributed by atoms with Crippen LogP contribution in [0.4, 0.5) is 0 Å². The van der Waals surface area contributed by atoms with Crippen LogP contribution in [0.5, 0.6) is 0 Å². The molecule has 0 aliphatic carbocycles. The molecule has 0 saturated carbocycles. The second-order valence-corrected chi connectivity index (χ2v) is 5.52. The van der Waals surface area contributed by atoms with Crippen LogP contribution in [0, 0.1) is 5.41 Å². The zero-order valence-corrected chi connectivity index (χ0v) is 13.3. The molecule has 1 atom stereocenters. The van der Waals surface area contributed by atoms with Gasteiger partial charge in [0.15, 0.2) is 0 Å². The lowest BCUT2D eigenvalue weighted by Crippen LogP contribution is -2.33. The van der Waals surface area contributed by atoms with Crippen LogP contribution in [0.3, 0.4) is 0 Å². The molecule has 114 valence electrons. The summed E-state index contributed by atoms with van der Waals surface area (Å²) in [6.07, 6.45) is 4.87. The minimum absolute atomic E-state index is 0.583. The molecule has 0 fully saturated rings. The van der Waals surface area contributed by atoms with E-state index in [1.807, 2.05) is 11.6 Å². The first-order valence-electron chi connectivity index (χ1n) is 7.81. The van der Waals surface area contributed by atoms with E-state index in [-0.39, 0.29) is 0 Å². The van der Waals surface area contributed by atoms with Gasteiger partial charge in [-0.25, -0.2) is 0 Å². The predicted octanol–water partition coefficient (Wildman–Crippen LogP) is 3.68. The third kappa shape index (κ3) is 3.62. The van der Waals surface area contributed by atoms with Gasteiger partial charge in [-0.05, 0) is 32.3 Å². The second kappa shape index (κ2) is 7.46. The van der Waals surface area contributed by atoms with Crippen LogP contribution < -0.4 is 0 Å². The van der Waals surface area contributed by atoms with Crippen molar-refractivity contribution >= 4 is 5.97 Å². The molecule has 0 bridgehead atoms. The SMILES string of the molecule is CCCCC(CC)(Cc1cc(CC)nn1CC)C(=O)O. The molecule has 0 aliphatic rings. The maximum atomic E-state index is 11.8. The average Bonchev–Trinajstić information content (AvgIpc) is 2.85. The fourth-order valence-corrected chi connectivity index (χ4v) is 2.69. The zero-order chi connectivity index (χ0) is 15.2. The first kappa shape index (κ1) is 16.7. The molecule has 1 rings (SSSR count). The van der Waals surface area contributed by atoms with Crippen LogP contribution in [0.2, 0.25) is 0 Å². The van der Waals surface area contributed by atoms with Gasteiger partial charge in [-0.2, -0.15) is 5.10 Å². The Morgan fingerprint density at radius 1 is 1.35 bits per heavy atom. The number of aromatic nitrogens is 2. The molecule has 1 aromatic heterocycles. The molecular weight excluding hydrogens is 252 g/mol. The largest absolute Gasteiger partial charge is 0.481 e. The van der Waals surface area contributed by atoms with E-state index in [2.05, 4.69) is 31.9 Å². The highest BCUT2D eigenvalue weighted by Gasteiger charge is 2.37. The van der Waals surface area contributed by atoms with Gasteiger partial charge >= 0.3 is 5.97 Å². The van der Waals surface area contributed by atoms with Crippen LogP contribution >= 0.6 is 0 Å². The molecule has 1 unspecified atom stereocenters. The smallest absolute Gasteiger partial charge is 0.310 e. The Morgan fingerprint density at radius 3 is 2.50 bits per heavy atom. The predicted molar refractivity (Wildman–Crippen MR) is 80.9 cm³/mol. The van der Waals surface area contributed by atoms with Gasteiger partial charge in [-0.15, -0.1) is 0 Å². The summed E-state index contributed by atoms with van der Waals surface area (Å²) in [7, 11) is 0. The average molecular weight is 280 g/mol. The Bertz CT molecular complexity index is 440. The second-order valence-electron chi connectivity index (χ2n) is 5.52. The number of carboxylic acid groups (broad SMARTS) is 1. The Morgan fingerprint density at radius 2 is 2.05 bits per heavy atom. The third-order valence-corrected chi connectivity index (χ3v) is 4.23. The molecule has 0 aliphatic heterocycles. The first-order valence-corrected chi connectivity index (χ1v) is 7.81. The lowest BCUT2D eigenvalue weighted by atomic mass is 9.76. The van der Waals surface area contributed by atoms with E-state index >= 15 is 0 Å². The maximum Gasteiger partial charge on any atom is 0.310 e. The Labute approximate surface area is 122 Å². The molecule has 20 heavy (non-hydrogen) atoms. The van der Waals surface area contributed by atoms with Crippen molar-refractivity contribution in [3.63, 3.8) is 0 Å². The van der Waals surface area contributed by atoms with Gasteiger partial charge in [-0.3, -0.25) is 9.48 Å². The summed E-state index contributed by atoms with van der Waals surface area (Å²) in [6, 6.07) is 2.07. The Hall–Kier alpha value is -1.32. The van der Waals surface area contributed by atoms with Crippen molar-refractivity contribution < 1.29 is 9.90 Å². The quantitative estimate of drug-likeness (QED) is 0.750. The minimum atomic E-state index is -0.671. The van der Waals surface area contributed by atoms with Crippen molar-refractivity contribution in [3.8, 4) is 0 Å². The fraction of sp³-hybridized carbons (Fsp3) is 0.750. The highest BCUT2D eigenvalue weighted by Crippen LogP contribution is 2.33. The number of carbonyl (C=O) groups is 1. The van der Waals surface area contributed by atoms with Crippen LogP contribution in [0.25, 0.3) is 0 Å². The number of hydrogen-bond donors (Lipinski definition) is 1. The van der Waals surface area contributed by atoms with E-state index in [0.29, 0.717) is 12.8 Å². The van der Waals surface area contributed by atoms with Gasteiger partial charge < -0.3 is 5.11 Å². The number of nitrogens with zero attached hydrogens (tertiary/aromatic N) is 2. The van der Waals surface area contributed by atoms with Crippen LogP contribution in [-0.4, -0.2) is 20.9 Å². The van der Waals surface area contributed by atoms with Gasteiger partial charge in [0.1, 0.15) is 0 Å². The van der Waals surface area contributed by atoms with E-state index in [4.69, 9.17) is 0 Å². The Balaban J connectivity index is 3.05.